The molecular weight excluding hydrogens is 258 g/mol. The third-order valence-electron chi connectivity index (χ3n) is 3.29. The molecule has 6 nitrogen and oxygen atoms in total. The van der Waals surface area contributed by atoms with Crippen LogP contribution in [0.3, 0.4) is 0 Å². The molecule has 20 heavy (non-hydrogen) atoms. The van der Waals surface area contributed by atoms with Crippen LogP contribution in [-0.4, -0.2) is 34.6 Å². The fourth-order valence-corrected chi connectivity index (χ4v) is 2.38. The Bertz CT molecular complexity index is 565. The number of nitriles is 1. The first kappa shape index (κ1) is 13.9. The molecule has 6 heteroatoms. The Labute approximate surface area is 116 Å². The Balaban J connectivity index is 2.03. The van der Waals surface area contributed by atoms with Crippen molar-refractivity contribution in [2.45, 2.75) is 25.3 Å². The summed E-state index contributed by atoms with van der Waals surface area (Å²) in [6.45, 7) is 0.557. The molecule has 2 rings (SSSR count). The van der Waals surface area contributed by atoms with Gasteiger partial charge in [-0.25, -0.2) is 4.79 Å². The monoisotopic (exact) mass is 273 g/mol. The molecule has 1 aromatic carbocycles. The van der Waals surface area contributed by atoms with Gasteiger partial charge in [-0.05, 0) is 31.0 Å². The van der Waals surface area contributed by atoms with Crippen LogP contribution in [0.15, 0.2) is 24.3 Å². The molecule has 0 bridgehead atoms. The molecule has 1 aliphatic heterocycles. The quantitative estimate of drug-likeness (QED) is 0.881. The molecule has 0 aromatic heterocycles. The fraction of sp³-hybridized carbons (Fsp3) is 0.357. The second-order valence-corrected chi connectivity index (χ2v) is 4.71. The van der Waals surface area contributed by atoms with E-state index in [-0.39, 0.29) is 18.5 Å². The van der Waals surface area contributed by atoms with Crippen LogP contribution in [0.5, 0.6) is 0 Å². The van der Waals surface area contributed by atoms with Crippen molar-refractivity contribution in [3.8, 4) is 6.07 Å². The van der Waals surface area contributed by atoms with E-state index in [1.807, 2.05) is 6.07 Å². The van der Waals surface area contributed by atoms with Crippen molar-refractivity contribution in [2.75, 3.05) is 11.9 Å². The first-order valence-corrected chi connectivity index (χ1v) is 6.39. The lowest BCUT2D eigenvalue weighted by atomic mass is 10.1. The molecule has 1 fully saturated rings. The van der Waals surface area contributed by atoms with E-state index < -0.39 is 5.97 Å². The average Bonchev–Trinajstić information content (AvgIpc) is 2.86. The summed E-state index contributed by atoms with van der Waals surface area (Å²) in [6, 6.07) is 8.05. The van der Waals surface area contributed by atoms with Gasteiger partial charge < -0.3 is 15.3 Å². The molecule has 1 atom stereocenters. The topological polar surface area (TPSA) is 93.4 Å². The highest BCUT2D eigenvalue weighted by Gasteiger charge is 2.30. The van der Waals surface area contributed by atoms with Crippen molar-refractivity contribution < 1.29 is 14.7 Å². The minimum Gasteiger partial charge on any atom is -0.481 e. The molecule has 2 amide bonds. The molecule has 1 aromatic rings. The SMILES string of the molecule is N#Cc1cccc(NC(=O)N2CCCC2CC(=O)O)c1. The minimum absolute atomic E-state index is 0.0361. The first-order valence-electron chi connectivity index (χ1n) is 6.39. The van der Waals surface area contributed by atoms with Gasteiger partial charge in [0, 0.05) is 18.3 Å². The van der Waals surface area contributed by atoms with E-state index in [0.29, 0.717) is 24.2 Å². The molecule has 104 valence electrons. The minimum atomic E-state index is -0.902. The molecule has 0 aliphatic carbocycles. The maximum Gasteiger partial charge on any atom is 0.322 e. The number of carboxylic acids is 1. The van der Waals surface area contributed by atoms with Crippen molar-refractivity contribution in [1.29, 1.82) is 5.26 Å². The van der Waals surface area contributed by atoms with Crippen LogP contribution in [0.1, 0.15) is 24.8 Å². The van der Waals surface area contributed by atoms with Gasteiger partial charge in [0.15, 0.2) is 0 Å². The molecule has 1 saturated heterocycles. The van der Waals surface area contributed by atoms with Crippen LogP contribution in [0.25, 0.3) is 0 Å². The number of likely N-dealkylation sites (tertiary alicyclic amines) is 1. The Kier molecular flexibility index (Phi) is 4.20. The number of hydrogen-bond donors (Lipinski definition) is 2. The van der Waals surface area contributed by atoms with Gasteiger partial charge in [-0.2, -0.15) is 5.26 Å². The summed E-state index contributed by atoms with van der Waals surface area (Å²) in [5.74, 6) is -0.902. The largest absolute Gasteiger partial charge is 0.481 e. The van der Waals surface area contributed by atoms with E-state index in [4.69, 9.17) is 10.4 Å². The summed E-state index contributed by atoms with van der Waals surface area (Å²) < 4.78 is 0. The number of nitrogens with zero attached hydrogens (tertiary/aromatic N) is 2. The molecule has 1 heterocycles. The maximum absolute atomic E-state index is 12.1. The number of aliphatic carboxylic acids is 1. The van der Waals surface area contributed by atoms with Crippen LogP contribution in [0, 0.1) is 11.3 Å². The van der Waals surface area contributed by atoms with Crippen molar-refractivity contribution in [3.63, 3.8) is 0 Å². The number of anilines is 1. The van der Waals surface area contributed by atoms with Gasteiger partial charge in [0.05, 0.1) is 18.1 Å². The molecule has 1 aliphatic rings. The standard InChI is InChI=1S/C14H15N3O3/c15-9-10-3-1-4-11(7-10)16-14(20)17-6-2-5-12(17)8-13(18)19/h1,3-4,7,12H,2,5-6,8H2,(H,16,20)(H,18,19). The van der Waals surface area contributed by atoms with Crippen molar-refractivity contribution in [3.05, 3.63) is 29.8 Å². The van der Waals surface area contributed by atoms with E-state index in [1.54, 1.807) is 29.2 Å². The lowest BCUT2D eigenvalue weighted by molar-refractivity contribution is -0.137. The van der Waals surface area contributed by atoms with Gasteiger partial charge in [0.25, 0.3) is 0 Å². The second kappa shape index (κ2) is 6.06. The zero-order chi connectivity index (χ0) is 14.5. The van der Waals surface area contributed by atoms with Crippen LogP contribution in [0.4, 0.5) is 10.5 Å². The lowest BCUT2D eigenvalue weighted by Crippen LogP contribution is -2.39. The number of nitrogens with one attached hydrogen (secondary N) is 1. The predicted octanol–water partition coefficient (Wildman–Crippen LogP) is 2.03. The van der Waals surface area contributed by atoms with Crippen molar-refractivity contribution in [1.82, 2.24) is 4.90 Å². The van der Waals surface area contributed by atoms with E-state index >= 15 is 0 Å². The number of amides is 2. The zero-order valence-electron chi connectivity index (χ0n) is 10.9. The van der Waals surface area contributed by atoms with Gasteiger partial charge in [-0.3, -0.25) is 4.79 Å². The Morgan fingerprint density at radius 1 is 1.50 bits per heavy atom. The fourth-order valence-electron chi connectivity index (χ4n) is 2.38. The average molecular weight is 273 g/mol. The zero-order valence-corrected chi connectivity index (χ0v) is 10.9. The predicted molar refractivity (Wildman–Crippen MR) is 72.2 cm³/mol. The van der Waals surface area contributed by atoms with E-state index in [1.165, 1.54) is 0 Å². The summed E-state index contributed by atoms with van der Waals surface area (Å²) in [5, 5.41) is 20.4. The summed E-state index contributed by atoms with van der Waals surface area (Å²) in [6.07, 6.45) is 1.48. The number of benzene rings is 1. The summed E-state index contributed by atoms with van der Waals surface area (Å²) in [4.78, 5) is 24.5. The second-order valence-electron chi connectivity index (χ2n) is 4.71. The molecule has 1 unspecified atom stereocenters. The normalized spacial score (nSPS) is 17.6. The molecule has 2 N–H and O–H groups in total. The highest BCUT2D eigenvalue weighted by atomic mass is 16.4. The lowest BCUT2D eigenvalue weighted by Gasteiger charge is -2.23. The number of carboxylic acid groups (broad SMARTS) is 1. The number of carbonyl (C=O) groups excluding carboxylic acids is 1. The molecule has 0 radical (unpaired) electrons. The third-order valence-corrected chi connectivity index (χ3v) is 3.29. The van der Waals surface area contributed by atoms with Gasteiger partial charge in [-0.1, -0.05) is 6.07 Å². The van der Waals surface area contributed by atoms with Gasteiger partial charge in [0.2, 0.25) is 0 Å². The summed E-state index contributed by atoms with van der Waals surface area (Å²) in [5.41, 5.74) is 1.00. The number of hydrogen-bond acceptors (Lipinski definition) is 3. The first-order chi connectivity index (χ1) is 9.60. The molecule has 0 spiro atoms. The van der Waals surface area contributed by atoms with Crippen LogP contribution in [-0.2, 0) is 4.79 Å². The molecule has 0 saturated carbocycles. The highest BCUT2D eigenvalue weighted by molar-refractivity contribution is 5.90. The van der Waals surface area contributed by atoms with E-state index in [9.17, 15) is 9.59 Å². The van der Waals surface area contributed by atoms with E-state index in [2.05, 4.69) is 5.32 Å². The number of rotatable bonds is 3. The van der Waals surface area contributed by atoms with Crippen LogP contribution in [0.2, 0.25) is 0 Å². The summed E-state index contributed by atoms with van der Waals surface area (Å²) in [7, 11) is 0. The maximum atomic E-state index is 12.1. The van der Waals surface area contributed by atoms with Gasteiger partial charge in [0.1, 0.15) is 0 Å². The Morgan fingerprint density at radius 3 is 3.00 bits per heavy atom. The van der Waals surface area contributed by atoms with Crippen LogP contribution < -0.4 is 5.32 Å². The smallest absolute Gasteiger partial charge is 0.322 e. The summed E-state index contributed by atoms with van der Waals surface area (Å²) >= 11 is 0. The van der Waals surface area contributed by atoms with E-state index in [0.717, 1.165) is 6.42 Å². The van der Waals surface area contributed by atoms with Gasteiger partial charge in [-0.15, -0.1) is 0 Å². The van der Waals surface area contributed by atoms with Crippen molar-refractivity contribution >= 4 is 17.7 Å². The van der Waals surface area contributed by atoms with Crippen LogP contribution >= 0.6 is 0 Å². The third kappa shape index (κ3) is 3.26. The number of carbonyl (C=O) groups is 2. The van der Waals surface area contributed by atoms with Gasteiger partial charge >= 0.3 is 12.0 Å². The van der Waals surface area contributed by atoms with Crippen molar-refractivity contribution in [2.24, 2.45) is 0 Å². The Hall–Kier alpha value is -2.55. The highest BCUT2D eigenvalue weighted by Crippen LogP contribution is 2.21. The molecular formula is C14H15N3O3. The number of urea groups is 1. The Morgan fingerprint density at radius 2 is 2.30 bits per heavy atom.